The molecule has 0 bridgehead atoms. The van der Waals surface area contributed by atoms with Crippen molar-refractivity contribution in [3.63, 3.8) is 0 Å². The minimum Gasteiger partial charge on any atom is -0.314 e. The van der Waals surface area contributed by atoms with Gasteiger partial charge in [-0.05, 0) is 43.0 Å². The van der Waals surface area contributed by atoms with Crippen LogP contribution in [0.4, 0.5) is 0 Å². The maximum Gasteiger partial charge on any atom is 0.0167 e. The number of benzene rings is 1. The Morgan fingerprint density at radius 1 is 1.06 bits per heavy atom. The number of piperazine rings is 1. The fraction of sp³-hybridized carbons (Fsp3) is 0.500. The van der Waals surface area contributed by atoms with Crippen LogP contribution in [0.1, 0.15) is 22.3 Å². The lowest BCUT2D eigenvalue weighted by molar-refractivity contribution is 0.265. The lowest BCUT2D eigenvalue weighted by Gasteiger charge is -2.25. The highest BCUT2D eigenvalue weighted by Gasteiger charge is 2.06. The van der Waals surface area contributed by atoms with Crippen LogP contribution in [-0.4, -0.2) is 37.6 Å². The molecule has 1 aliphatic heterocycles. The van der Waals surface area contributed by atoms with Gasteiger partial charge in [0, 0.05) is 32.7 Å². The molecule has 0 amide bonds. The first-order valence-corrected chi connectivity index (χ1v) is 6.84. The number of nitrogens with one attached hydrogen (secondary N) is 1. The van der Waals surface area contributed by atoms with Gasteiger partial charge in [-0.3, -0.25) is 4.90 Å². The van der Waals surface area contributed by atoms with Gasteiger partial charge in [0.2, 0.25) is 0 Å². The summed E-state index contributed by atoms with van der Waals surface area (Å²) >= 11 is 0. The van der Waals surface area contributed by atoms with Crippen molar-refractivity contribution >= 4 is 6.08 Å². The van der Waals surface area contributed by atoms with Gasteiger partial charge < -0.3 is 5.32 Å². The first-order chi connectivity index (χ1) is 8.66. The van der Waals surface area contributed by atoms with Gasteiger partial charge in [-0.25, -0.2) is 0 Å². The zero-order chi connectivity index (χ0) is 13.0. The molecule has 1 saturated heterocycles. The topological polar surface area (TPSA) is 15.3 Å². The highest BCUT2D eigenvalue weighted by Crippen LogP contribution is 2.16. The molecule has 1 N–H and O–H groups in total. The summed E-state index contributed by atoms with van der Waals surface area (Å²) in [6.07, 6.45) is 4.56. The van der Waals surface area contributed by atoms with E-state index in [-0.39, 0.29) is 0 Å². The van der Waals surface area contributed by atoms with Crippen molar-refractivity contribution in [2.75, 3.05) is 32.7 Å². The molecular weight excluding hydrogens is 220 g/mol. The fourth-order valence-electron chi connectivity index (χ4n) is 2.38. The molecule has 2 nitrogen and oxygen atoms in total. The quantitative estimate of drug-likeness (QED) is 0.879. The number of nitrogens with zero attached hydrogens (tertiary/aromatic N) is 1. The minimum atomic E-state index is 1.06. The standard InChI is InChI=1S/C16H24N2/c1-13-11-15(3)16(12-14(13)2)5-4-8-18-9-6-17-7-10-18/h4-5,11-12,17H,6-10H2,1-3H3/b5-4+. The molecule has 1 fully saturated rings. The van der Waals surface area contributed by atoms with Crippen molar-refractivity contribution < 1.29 is 0 Å². The molecule has 0 radical (unpaired) electrons. The van der Waals surface area contributed by atoms with Crippen LogP contribution in [-0.2, 0) is 0 Å². The van der Waals surface area contributed by atoms with E-state index in [1.165, 1.54) is 22.3 Å². The molecule has 0 aromatic heterocycles. The van der Waals surface area contributed by atoms with E-state index in [4.69, 9.17) is 0 Å². The molecule has 18 heavy (non-hydrogen) atoms. The second kappa shape index (κ2) is 6.17. The van der Waals surface area contributed by atoms with Crippen LogP contribution in [0.2, 0.25) is 0 Å². The normalized spacial score (nSPS) is 17.5. The van der Waals surface area contributed by atoms with Crippen LogP contribution in [0.3, 0.4) is 0 Å². The van der Waals surface area contributed by atoms with Crippen LogP contribution in [0, 0.1) is 20.8 Å². The van der Waals surface area contributed by atoms with Gasteiger partial charge in [0.1, 0.15) is 0 Å². The Bertz CT molecular complexity index is 429. The van der Waals surface area contributed by atoms with Crippen molar-refractivity contribution in [3.8, 4) is 0 Å². The van der Waals surface area contributed by atoms with Gasteiger partial charge in [-0.15, -0.1) is 0 Å². The molecule has 0 atom stereocenters. The molecule has 0 aliphatic carbocycles. The number of hydrogen-bond acceptors (Lipinski definition) is 2. The summed E-state index contributed by atoms with van der Waals surface area (Å²) in [5.74, 6) is 0. The van der Waals surface area contributed by atoms with Crippen molar-refractivity contribution in [1.82, 2.24) is 10.2 Å². The third kappa shape index (κ3) is 3.44. The molecule has 1 aromatic rings. The summed E-state index contributed by atoms with van der Waals surface area (Å²) in [7, 11) is 0. The molecule has 98 valence electrons. The van der Waals surface area contributed by atoms with Crippen molar-refractivity contribution in [2.24, 2.45) is 0 Å². The lowest BCUT2D eigenvalue weighted by Crippen LogP contribution is -2.43. The monoisotopic (exact) mass is 244 g/mol. The van der Waals surface area contributed by atoms with Crippen molar-refractivity contribution in [2.45, 2.75) is 20.8 Å². The highest BCUT2D eigenvalue weighted by atomic mass is 15.2. The SMILES string of the molecule is Cc1cc(C)c(/C=C/CN2CCNCC2)cc1C. The third-order valence-electron chi connectivity index (χ3n) is 3.75. The molecular formula is C16H24N2. The maximum absolute atomic E-state index is 3.38. The van der Waals surface area contributed by atoms with E-state index in [0.717, 1.165) is 32.7 Å². The first kappa shape index (κ1) is 13.3. The zero-order valence-electron chi connectivity index (χ0n) is 11.8. The van der Waals surface area contributed by atoms with Gasteiger partial charge in [-0.1, -0.05) is 24.3 Å². The Labute approximate surface area is 111 Å². The van der Waals surface area contributed by atoms with Gasteiger partial charge in [-0.2, -0.15) is 0 Å². The smallest absolute Gasteiger partial charge is 0.0167 e. The second-order valence-corrected chi connectivity index (χ2v) is 5.25. The van der Waals surface area contributed by atoms with Crippen LogP contribution in [0.15, 0.2) is 18.2 Å². The van der Waals surface area contributed by atoms with E-state index < -0.39 is 0 Å². The van der Waals surface area contributed by atoms with Gasteiger partial charge in [0.15, 0.2) is 0 Å². The van der Waals surface area contributed by atoms with Crippen molar-refractivity contribution in [3.05, 3.63) is 40.5 Å². The number of aryl methyl sites for hydroxylation is 3. The molecule has 1 aromatic carbocycles. The summed E-state index contributed by atoms with van der Waals surface area (Å²) in [4.78, 5) is 2.49. The van der Waals surface area contributed by atoms with Gasteiger partial charge >= 0.3 is 0 Å². The largest absolute Gasteiger partial charge is 0.314 e. The van der Waals surface area contributed by atoms with Gasteiger partial charge in [0.05, 0.1) is 0 Å². The fourth-order valence-corrected chi connectivity index (χ4v) is 2.38. The molecule has 0 spiro atoms. The van der Waals surface area contributed by atoms with Crippen LogP contribution in [0.25, 0.3) is 6.08 Å². The maximum atomic E-state index is 3.38. The van der Waals surface area contributed by atoms with Crippen LogP contribution in [0.5, 0.6) is 0 Å². The lowest BCUT2D eigenvalue weighted by atomic mass is 10.0. The average Bonchev–Trinajstić information content (AvgIpc) is 2.37. The third-order valence-corrected chi connectivity index (χ3v) is 3.75. The summed E-state index contributed by atoms with van der Waals surface area (Å²) in [5, 5.41) is 3.38. The predicted octanol–water partition coefficient (Wildman–Crippen LogP) is 2.53. The molecule has 0 saturated carbocycles. The summed E-state index contributed by atoms with van der Waals surface area (Å²) in [6.45, 7) is 12.2. The van der Waals surface area contributed by atoms with E-state index in [0.29, 0.717) is 0 Å². The van der Waals surface area contributed by atoms with Gasteiger partial charge in [0.25, 0.3) is 0 Å². The molecule has 2 heteroatoms. The van der Waals surface area contributed by atoms with Crippen LogP contribution >= 0.6 is 0 Å². The Hall–Kier alpha value is -1.12. The van der Waals surface area contributed by atoms with E-state index in [1.807, 2.05) is 0 Å². The molecule has 2 rings (SSSR count). The first-order valence-electron chi connectivity index (χ1n) is 6.84. The average molecular weight is 244 g/mol. The highest BCUT2D eigenvalue weighted by molar-refractivity contribution is 5.56. The Morgan fingerprint density at radius 2 is 1.72 bits per heavy atom. The van der Waals surface area contributed by atoms with E-state index >= 15 is 0 Å². The Balaban J connectivity index is 1.98. The summed E-state index contributed by atoms with van der Waals surface area (Å²) in [5.41, 5.74) is 5.48. The van der Waals surface area contributed by atoms with Crippen LogP contribution < -0.4 is 5.32 Å². The minimum absolute atomic E-state index is 1.06. The molecule has 1 aliphatic rings. The molecule has 1 heterocycles. The zero-order valence-corrected chi connectivity index (χ0v) is 11.8. The van der Waals surface area contributed by atoms with E-state index in [1.54, 1.807) is 0 Å². The second-order valence-electron chi connectivity index (χ2n) is 5.25. The predicted molar refractivity (Wildman–Crippen MR) is 79.0 cm³/mol. The summed E-state index contributed by atoms with van der Waals surface area (Å²) < 4.78 is 0. The number of rotatable bonds is 3. The Morgan fingerprint density at radius 3 is 2.44 bits per heavy atom. The van der Waals surface area contributed by atoms with Crippen molar-refractivity contribution in [1.29, 1.82) is 0 Å². The summed E-state index contributed by atoms with van der Waals surface area (Å²) in [6, 6.07) is 4.57. The number of hydrogen-bond donors (Lipinski definition) is 1. The molecule has 0 unspecified atom stereocenters. The van der Waals surface area contributed by atoms with E-state index in [2.05, 4.69) is 55.3 Å². The van der Waals surface area contributed by atoms with E-state index in [9.17, 15) is 0 Å². The Kier molecular flexibility index (Phi) is 4.56.